The quantitative estimate of drug-likeness (QED) is 0.831. The zero-order valence-electron chi connectivity index (χ0n) is 9.38. The standard InChI is InChI=1S/C13H9F3O2/c1-18-12-6-8(17)2-3-9(12)7-4-10(14)13(16)11(15)5-7/h2-6,17H,1H3. The Morgan fingerprint density at radius 2 is 1.61 bits per heavy atom. The predicted octanol–water partition coefficient (Wildman–Crippen LogP) is 3.49. The first-order valence-electron chi connectivity index (χ1n) is 5.05. The van der Waals surface area contributed by atoms with Crippen LogP contribution in [-0.2, 0) is 0 Å². The van der Waals surface area contributed by atoms with Gasteiger partial charge in [-0.2, -0.15) is 0 Å². The molecular formula is C13H9F3O2. The van der Waals surface area contributed by atoms with E-state index in [1.807, 2.05) is 0 Å². The van der Waals surface area contributed by atoms with Crippen molar-refractivity contribution in [2.75, 3.05) is 7.11 Å². The summed E-state index contributed by atoms with van der Waals surface area (Å²) in [5.74, 6) is -3.88. The molecule has 1 N–H and O–H groups in total. The smallest absolute Gasteiger partial charge is 0.194 e. The molecule has 0 aromatic heterocycles. The van der Waals surface area contributed by atoms with Crippen LogP contribution in [0.25, 0.3) is 11.1 Å². The third-order valence-electron chi connectivity index (χ3n) is 2.48. The van der Waals surface area contributed by atoms with E-state index in [4.69, 9.17) is 4.74 Å². The van der Waals surface area contributed by atoms with Gasteiger partial charge in [0.2, 0.25) is 0 Å². The second-order valence-corrected chi connectivity index (χ2v) is 3.64. The Hall–Kier alpha value is -2.17. The molecule has 0 bridgehead atoms. The molecule has 2 aromatic rings. The molecule has 0 unspecified atom stereocenters. The van der Waals surface area contributed by atoms with E-state index < -0.39 is 17.5 Å². The zero-order valence-corrected chi connectivity index (χ0v) is 9.38. The Morgan fingerprint density at radius 3 is 2.17 bits per heavy atom. The molecule has 0 spiro atoms. The van der Waals surface area contributed by atoms with Crippen molar-refractivity contribution in [1.82, 2.24) is 0 Å². The lowest BCUT2D eigenvalue weighted by Crippen LogP contribution is -1.93. The summed E-state index contributed by atoms with van der Waals surface area (Å²) in [5.41, 5.74) is 0.483. The highest BCUT2D eigenvalue weighted by Crippen LogP contribution is 2.34. The van der Waals surface area contributed by atoms with Crippen LogP contribution >= 0.6 is 0 Å². The van der Waals surface area contributed by atoms with E-state index in [2.05, 4.69) is 0 Å². The number of aromatic hydroxyl groups is 1. The Labute approximate surface area is 101 Å². The van der Waals surface area contributed by atoms with Crippen LogP contribution < -0.4 is 4.74 Å². The summed E-state index contributed by atoms with van der Waals surface area (Å²) in [6.45, 7) is 0. The second kappa shape index (κ2) is 4.60. The van der Waals surface area contributed by atoms with Gasteiger partial charge in [0.1, 0.15) is 11.5 Å². The molecule has 0 atom stereocenters. The van der Waals surface area contributed by atoms with E-state index in [1.165, 1.54) is 25.3 Å². The van der Waals surface area contributed by atoms with Crippen LogP contribution in [0.15, 0.2) is 30.3 Å². The third-order valence-corrected chi connectivity index (χ3v) is 2.48. The van der Waals surface area contributed by atoms with E-state index in [0.717, 1.165) is 12.1 Å². The van der Waals surface area contributed by atoms with Crippen LogP contribution in [0.2, 0.25) is 0 Å². The lowest BCUT2D eigenvalue weighted by Gasteiger charge is -2.09. The average molecular weight is 254 g/mol. The van der Waals surface area contributed by atoms with Gasteiger partial charge in [-0.15, -0.1) is 0 Å². The largest absolute Gasteiger partial charge is 0.508 e. The first-order valence-corrected chi connectivity index (χ1v) is 5.05. The summed E-state index contributed by atoms with van der Waals surface area (Å²) < 4.78 is 44.1. The van der Waals surface area contributed by atoms with E-state index in [1.54, 1.807) is 0 Å². The Balaban J connectivity index is 2.62. The number of phenols is 1. The Bertz CT molecular complexity index is 574. The number of rotatable bonds is 2. The number of phenolic OH excluding ortho intramolecular Hbond substituents is 1. The molecule has 18 heavy (non-hydrogen) atoms. The van der Waals surface area contributed by atoms with Crippen molar-refractivity contribution in [2.45, 2.75) is 0 Å². The van der Waals surface area contributed by atoms with Crippen LogP contribution in [0.3, 0.4) is 0 Å². The Morgan fingerprint density at radius 1 is 1.00 bits per heavy atom. The molecule has 0 saturated carbocycles. The fourth-order valence-electron chi connectivity index (χ4n) is 1.63. The first-order chi connectivity index (χ1) is 8.52. The molecule has 0 amide bonds. The maximum atomic E-state index is 13.1. The molecule has 0 aliphatic heterocycles. The average Bonchev–Trinajstić information content (AvgIpc) is 2.35. The summed E-state index contributed by atoms with van der Waals surface area (Å²) in [6.07, 6.45) is 0. The molecule has 94 valence electrons. The van der Waals surface area contributed by atoms with Gasteiger partial charge in [-0.05, 0) is 29.8 Å². The number of ether oxygens (including phenoxy) is 1. The van der Waals surface area contributed by atoms with Gasteiger partial charge in [-0.1, -0.05) is 0 Å². The van der Waals surface area contributed by atoms with Crippen LogP contribution in [-0.4, -0.2) is 12.2 Å². The SMILES string of the molecule is COc1cc(O)ccc1-c1cc(F)c(F)c(F)c1. The van der Waals surface area contributed by atoms with Crippen LogP contribution in [0, 0.1) is 17.5 Å². The van der Waals surface area contributed by atoms with Gasteiger partial charge in [0, 0.05) is 11.6 Å². The number of benzene rings is 2. The zero-order chi connectivity index (χ0) is 13.3. The number of methoxy groups -OCH3 is 1. The normalized spacial score (nSPS) is 10.4. The van der Waals surface area contributed by atoms with Gasteiger partial charge in [-0.25, -0.2) is 13.2 Å². The van der Waals surface area contributed by atoms with Crippen molar-refractivity contribution < 1.29 is 23.0 Å². The fourth-order valence-corrected chi connectivity index (χ4v) is 1.63. The predicted molar refractivity (Wildman–Crippen MR) is 60.0 cm³/mol. The van der Waals surface area contributed by atoms with Crippen molar-refractivity contribution in [3.05, 3.63) is 47.8 Å². The topological polar surface area (TPSA) is 29.5 Å². The molecule has 0 aliphatic carbocycles. The summed E-state index contributed by atoms with van der Waals surface area (Å²) >= 11 is 0. The van der Waals surface area contributed by atoms with Crippen molar-refractivity contribution >= 4 is 0 Å². The Kier molecular flexibility index (Phi) is 3.14. The number of hydrogen-bond donors (Lipinski definition) is 1. The van der Waals surface area contributed by atoms with Gasteiger partial charge < -0.3 is 9.84 Å². The lowest BCUT2D eigenvalue weighted by atomic mass is 10.0. The molecule has 0 saturated heterocycles. The van der Waals surface area contributed by atoms with Gasteiger partial charge in [0.05, 0.1) is 7.11 Å². The maximum absolute atomic E-state index is 13.1. The van der Waals surface area contributed by atoms with Crippen LogP contribution in [0.5, 0.6) is 11.5 Å². The first kappa shape index (κ1) is 12.3. The highest BCUT2D eigenvalue weighted by molar-refractivity contribution is 5.71. The summed E-state index contributed by atoms with van der Waals surface area (Å²) in [6, 6.07) is 5.81. The highest BCUT2D eigenvalue weighted by atomic mass is 19.2. The minimum Gasteiger partial charge on any atom is -0.508 e. The molecule has 0 aliphatic rings. The highest BCUT2D eigenvalue weighted by Gasteiger charge is 2.14. The third kappa shape index (κ3) is 2.11. The molecule has 2 aromatic carbocycles. The molecule has 0 fully saturated rings. The second-order valence-electron chi connectivity index (χ2n) is 3.64. The molecule has 2 rings (SSSR count). The van der Waals surface area contributed by atoms with Crippen LogP contribution in [0.1, 0.15) is 0 Å². The van der Waals surface area contributed by atoms with E-state index in [9.17, 15) is 18.3 Å². The van der Waals surface area contributed by atoms with Crippen LogP contribution in [0.4, 0.5) is 13.2 Å². The van der Waals surface area contributed by atoms with Gasteiger partial charge in [0.15, 0.2) is 17.5 Å². The summed E-state index contributed by atoms with van der Waals surface area (Å²) in [7, 11) is 1.36. The van der Waals surface area contributed by atoms with Gasteiger partial charge in [0.25, 0.3) is 0 Å². The maximum Gasteiger partial charge on any atom is 0.194 e. The van der Waals surface area contributed by atoms with E-state index in [-0.39, 0.29) is 17.1 Å². The van der Waals surface area contributed by atoms with Gasteiger partial charge >= 0.3 is 0 Å². The molecular weight excluding hydrogens is 245 g/mol. The minimum absolute atomic E-state index is 0.0429. The van der Waals surface area contributed by atoms with E-state index >= 15 is 0 Å². The summed E-state index contributed by atoms with van der Waals surface area (Å²) in [4.78, 5) is 0. The summed E-state index contributed by atoms with van der Waals surface area (Å²) in [5, 5.41) is 9.28. The molecule has 0 heterocycles. The molecule has 0 radical (unpaired) electrons. The fraction of sp³-hybridized carbons (Fsp3) is 0.0769. The minimum atomic E-state index is -1.52. The van der Waals surface area contributed by atoms with Crippen molar-refractivity contribution in [3.63, 3.8) is 0 Å². The van der Waals surface area contributed by atoms with Crippen molar-refractivity contribution in [3.8, 4) is 22.6 Å². The van der Waals surface area contributed by atoms with Crippen molar-refractivity contribution in [1.29, 1.82) is 0 Å². The molecule has 5 heteroatoms. The van der Waals surface area contributed by atoms with Gasteiger partial charge in [-0.3, -0.25) is 0 Å². The number of halogens is 3. The molecule has 2 nitrogen and oxygen atoms in total. The van der Waals surface area contributed by atoms with Crippen molar-refractivity contribution in [2.24, 2.45) is 0 Å². The van der Waals surface area contributed by atoms with E-state index in [0.29, 0.717) is 5.56 Å². The monoisotopic (exact) mass is 254 g/mol. The lowest BCUT2D eigenvalue weighted by molar-refractivity contribution is 0.409. The number of hydrogen-bond acceptors (Lipinski definition) is 2.